The van der Waals surface area contributed by atoms with Crippen molar-refractivity contribution in [2.75, 3.05) is 11.9 Å². The van der Waals surface area contributed by atoms with Gasteiger partial charge >= 0.3 is 5.97 Å². The smallest absolute Gasteiger partial charge is 0.311 e. The van der Waals surface area contributed by atoms with Gasteiger partial charge in [0.05, 0.1) is 12.5 Å². The molecule has 134 valence electrons. The topological polar surface area (TPSA) is 68.5 Å². The van der Waals surface area contributed by atoms with Crippen molar-refractivity contribution in [1.82, 2.24) is 14.6 Å². The van der Waals surface area contributed by atoms with E-state index in [0.29, 0.717) is 24.3 Å². The predicted molar refractivity (Wildman–Crippen MR) is 98.7 cm³/mol. The van der Waals surface area contributed by atoms with E-state index in [1.54, 1.807) is 4.52 Å². The number of hydrogen-bond acceptors (Lipinski definition) is 5. The molecule has 3 saturated carbocycles. The first-order chi connectivity index (χ1) is 12.1. The maximum Gasteiger partial charge on any atom is 0.311 e. The summed E-state index contributed by atoms with van der Waals surface area (Å²) in [5.74, 6) is 1.28. The third-order valence-electron chi connectivity index (χ3n) is 5.52. The molecule has 0 aromatic carbocycles. The normalized spacial score (nSPS) is 28.3. The van der Waals surface area contributed by atoms with Crippen molar-refractivity contribution in [2.24, 2.45) is 17.8 Å². The Labute approximate surface area is 159 Å². The summed E-state index contributed by atoms with van der Waals surface area (Å²) in [5, 5.41) is 7.90. The van der Waals surface area contributed by atoms with Crippen LogP contribution in [-0.2, 0) is 9.53 Å². The van der Waals surface area contributed by atoms with Gasteiger partial charge in [-0.25, -0.2) is 4.52 Å². The van der Waals surface area contributed by atoms with Crippen molar-refractivity contribution >= 4 is 44.8 Å². The molecule has 3 aliphatic rings. The lowest BCUT2D eigenvalue weighted by atomic mass is 9.61. The molecule has 2 aromatic rings. The van der Waals surface area contributed by atoms with E-state index in [1.807, 2.05) is 19.1 Å². The van der Waals surface area contributed by atoms with Gasteiger partial charge in [0, 0.05) is 6.04 Å². The highest BCUT2D eigenvalue weighted by Crippen LogP contribution is 2.47. The molecule has 0 spiro atoms. The highest BCUT2D eigenvalue weighted by Gasteiger charge is 2.48. The number of nitrogens with one attached hydrogen (secondary N) is 1. The lowest BCUT2D eigenvalue weighted by molar-refractivity contribution is -0.154. The molecule has 0 radical (unpaired) electrons. The number of ether oxygens (including phenoxy) is 1. The van der Waals surface area contributed by atoms with Crippen molar-refractivity contribution in [1.29, 1.82) is 0 Å². The average molecular weight is 428 g/mol. The molecule has 2 aromatic heterocycles. The third kappa shape index (κ3) is 3.01. The molecular weight excluding hydrogens is 408 g/mol. The molecule has 3 fully saturated rings. The number of nitrogens with zero attached hydrogens (tertiary/aromatic N) is 3. The standard InChI is InChI=1S/C17H20BrClN4O2/c1-2-25-16(24)13-9-3-5-10(6-4-9)14(13)20-15-11-7-8-12(18)23(11)22-17(19)21-15/h7-10,13-14H,2-6H2,1H3,(H,20,21,22)/t9?,10?,13-,14-/m0/s1. The molecule has 2 bridgehead atoms. The predicted octanol–water partition coefficient (Wildman–Crippen LogP) is 3.93. The van der Waals surface area contributed by atoms with Gasteiger partial charge in [-0.05, 0) is 84.1 Å². The number of fused-ring (bicyclic) bond motifs is 4. The monoisotopic (exact) mass is 426 g/mol. The number of aromatic nitrogens is 3. The van der Waals surface area contributed by atoms with Gasteiger partial charge in [0.2, 0.25) is 5.28 Å². The first-order valence-electron chi connectivity index (χ1n) is 8.72. The Kier molecular flexibility index (Phi) is 4.62. The van der Waals surface area contributed by atoms with Crippen molar-refractivity contribution in [3.05, 3.63) is 22.0 Å². The highest BCUT2D eigenvalue weighted by molar-refractivity contribution is 9.10. The second kappa shape index (κ2) is 6.76. The van der Waals surface area contributed by atoms with Crippen LogP contribution < -0.4 is 5.32 Å². The van der Waals surface area contributed by atoms with E-state index in [-0.39, 0.29) is 23.2 Å². The number of hydrogen-bond donors (Lipinski definition) is 1. The molecule has 2 atom stereocenters. The summed E-state index contributed by atoms with van der Waals surface area (Å²) in [6.07, 6.45) is 4.47. The number of halogens is 2. The molecule has 0 unspecified atom stereocenters. The van der Waals surface area contributed by atoms with Crippen LogP contribution >= 0.6 is 27.5 Å². The van der Waals surface area contributed by atoms with E-state index in [1.165, 1.54) is 0 Å². The zero-order valence-corrected chi connectivity index (χ0v) is 16.3. The van der Waals surface area contributed by atoms with E-state index in [9.17, 15) is 4.79 Å². The third-order valence-corrected chi connectivity index (χ3v) is 6.28. The largest absolute Gasteiger partial charge is 0.466 e. The van der Waals surface area contributed by atoms with Crippen LogP contribution in [0.15, 0.2) is 16.7 Å². The zero-order valence-electron chi connectivity index (χ0n) is 13.9. The van der Waals surface area contributed by atoms with E-state index >= 15 is 0 Å². The SMILES string of the molecule is CCOC(=O)[C@H]1C2CCC(CC2)[C@@H]1Nc1nc(Cl)nn2c(Br)ccc12. The quantitative estimate of drug-likeness (QED) is 0.749. The van der Waals surface area contributed by atoms with Crippen molar-refractivity contribution in [3.8, 4) is 0 Å². The summed E-state index contributed by atoms with van der Waals surface area (Å²) >= 11 is 9.56. The van der Waals surface area contributed by atoms with Crippen LogP contribution in [0.2, 0.25) is 5.28 Å². The molecule has 0 amide bonds. The van der Waals surface area contributed by atoms with Crippen LogP contribution in [-0.4, -0.2) is 33.2 Å². The van der Waals surface area contributed by atoms with Crippen LogP contribution in [0, 0.1) is 17.8 Å². The van der Waals surface area contributed by atoms with Gasteiger partial charge in [0.25, 0.3) is 0 Å². The first kappa shape index (κ1) is 17.1. The van der Waals surface area contributed by atoms with Gasteiger partial charge in [-0.1, -0.05) is 0 Å². The molecule has 8 heteroatoms. The van der Waals surface area contributed by atoms with Crippen molar-refractivity contribution in [3.63, 3.8) is 0 Å². The number of carbonyl (C=O) groups excluding carboxylic acids is 1. The minimum atomic E-state index is -0.125. The molecule has 2 heterocycles. The van der Waals surface area contributed by atoms with Gasteiger partial charge in [-0.3, -0.25) is 4.79 Å². The lowest BCUT2D eigenvalue weighted by Crippen LogP contribution is -2.52. The molecule has 25 heavy (non-hydrogen) atoms. The Morgan fingerprint density at radius 3 is 2.80 bits per heavy atom. The summed E-state index contributed by atoms with van der Waals surface area (Å²) in [4.78, 5) is 17.0. The van der Waals surface area contributed by atoms with E-state index in [2.05, 4.69) is 31.3 Å². The van der Waals surface area contributed by atoms with Gasteiger partial charge in [-0.15, -0.1) is 5.10 Å². The molecule has 6 nitrogen and oxygen atoms in total. The number of carbonyl (C=O) groups is 1. The van der Waals surface area contributed by atoms with Gasteiger partial charge in [0.1, 0.15) is 10.1 Å². The van der Waals surface area contributed by atoms with Gasteiger partial charge in [-0.2, -0.15) is 4.98 Å². The van der Waals surface area contributed by atoms with Crippen molar-refractivity contribution < 1.29 is 9.53 Å². The fourth-order valence-corrected chi connectivity index (χ4v) is 5.00. The number of esters is 1. The van der Waals surface area contributed by atoms with Crippen LogP contribution in [0.5, 0.6) is 0 Å². The second-order valence-electron chi connectivity index (χ2n) is 6.81. The van der Waals surface area contributed by atoms with Crippen LogP contribution in [0.1, 0.15) is 32.6 Å². The van der Waals surface area contributed by atoms with E-state index in [0.717, 1.165) is 35.8 Å². The molecule has 1 N–H and O–H groups in total. The Balaban J connectivity index is 1.69. The summed E-state index contributed by atoms with van der Waals surface area (Å²) in [7, 11) is 0. The maximum atomic E-state index is 12.6. The second-order valence-corrected chi connectivity index (χ2v) is 7.96. The Bertz CT molecular complexity index is 803. The Morgan fingerprint density at radius 1 is 1.36 bits per heavy atom. The fraction of sp³-hybridized carbons (Fsp3) is 0.588. The summed E-state index contributed by atoms with van der Waals surface area (Å²) < 4.78 is 7.88. The highest BCUT2D eigenvalue weighted by atomic mass is 79.9. The van der Waals surface area contributed by atoms with E-state index < -0.39 is 0 Å². The average Bonchev–Trinajstić information content (AvgIpc) is 2.97. The summed E-state index contributed by atoms with van der Waals surface area (Å²) in [6.45, 7) is 2.27. The number of rotatable bonds is 4. The Morgan fingerprint density at radius 2 is 2.08 bits per heavy atom. The van der Waals surface area contributed by atoms with Gasteiger partial charge in [0.15, 0.2) is 5.82 Å². The lowest BCUT2D eigenvalue weighted by Gasteiger charge is -2.47. The molecule has 3 aliphatic carbocycles. The minimum absolute atomic E-state index is 0.0231. The number of anilines is 1. The van der Waals surface area contributed by atoms with Crippen LogP contribution in [0.4, 0.5) is 5.82 Å². The maximum absolute atomic E-state index is 12.6. The molecular formula is C17H20BrClN4O2. The van der Waals surface area contributed by atoms with Crippen LogP contribution in [0.3, 0.4) is 0 Å². The fourth-order valence-electron chi connectivity index (χ4n) is 4.44. The van der Waals surface area contributed by atoms with E-state index in [4.69, 9.17) is 16.3 Å². The van der Waals surface area contributed by atoms with Crippen molar-refractivity contribution in [2.45, 2.75) is 38.6 Å². The summed E-state index contributed by atoms with van der Waals surface area (Å²) in [6, 6.07) is 3.86. The first-order valence-corrected chi connectivity index (χ1v) is 9.89. The molecule has 0 aliphatic heterocycles. The van der Waals surface area contributed by atoms with Gasteiger partial charge < -0.3 is 10.1 Å². The molecule has 0 saturated heterocycles. The zero-order chi connectivity index (χ0) is 17.6. The Hall–Kier alpha value is -1.34. The van der Waals surface area contributed by atoms with Crippen LogP contribution in [0.25, 0.3) is 5.52 Å². The minimum Gasteiger partial charge on any atom is -0.466 e. The summed E-state index contributed by atoms with van der Waals surface area (Å²) in [5.41, 5.74) is 0.834. The molecule has 5 rings (SSSR count).